The van der Waals surface area contributed by atoms with E-state index in [1.54, 1.807) is 4.90 Å². The number of carbonyl (C=O) groups excluding carboxylic acids is 2. The Labute approximate surface area is 186 Å². The number of hydrogen-bond donors (Lipinski definition) is 0. The first-order valence-electron chi connectivity index (χ1n) is 10.6. The summed E-state index contributed by atoms with van der Waals surface area (Å²) in [7, 11) is -3.74. The van der Waals surface area contributed by atoms with E-state index in [1.807, 2.05) is 18.2 Å². The standard InChI is InChI=1S/C23H25FN2O5S/c24-20-5-7-21(8-6-20)32(29,30)26-13-10-18(11-14-26)23(28)31-16-22(27)25-12-9-17-3-1-2-4-19(17)15-25/h1-8,18H,9-16H2. The van der Waals surface area contributed by atoms with E-state index in [9.17, 15) is 22.4 Å². The summed E-state index contributed by atoms with van der Waals surface area (Å²) >= 11 is 0. The Kier molecular flexibility index (Phi) is 6.57. The van der Waals surface area contributed by atoms with Crippen LogP contribution in [-0.4, -0.2) is 55.7 Å². The van der Waals surface area contributed by atoms with Gasteiger partial charge in [-0.15, -0.1) is 0 Å². The Balaban J connectivity index is 1.26. The van der Waals surface area contributed by atoms with Gasteiger partial charge in [-0.25, -0.2) is 12.8 Å². The highest BCUT2D eigenvalue weighted by Gasteiger charge is 2.33. The van der Waals surface area contributed by atoms with Crippen molar-refractivity contribution in [2.45, 2.75) is 30.7 Å². The van der Waals surface area contributed by atoms with Gasteiger partial charge in [0.25, 0.3) is 5.91 Å². The number of sulfonamides is 1. The summed E-state index contributed by atoms with van der Waals surface area (Å²) in [5.74, 6) is -1.67. The van der Waals surface area contributed by atoms with Crippen LogP contribution in [0, 0.1) is 11.7 Å². The molecule has 2 aromatic carbocycles. The van der Waals surface area contributed by atoms with Gasteiger partial charge < -0.3 is 9.64 Å². The lowest BCUT2D eigenvalue weighted by Gasteiger charge is -2.31. The fourth-order valence-corrected chi connectivity index (χ4v) is 5.61. The number of nitrogens with zero attached hydrogens (tertiary/aromatic N) is 2. The van der Waals surface area contributed by atoms with Crippen molar-refractivity contribution in [1.82, 2.24) is 9.21 Å². The second-order valence-corrected chi connectivity index (χ2v) is 10.0. The van der Waals surface area contributed by atoms with Crippen molar-refractivity contribution >= 4 is 21.9 Å². The molecule has 32 heavy (non-hydrogen) atoms. The van der Waals surface area contributed by atoms with Crippen molar-refractivity contribution in [2.24, 2.45) is 5.92 Å². The predicted molar refractivity (Wildman–Crippen MR) is 114 cm³/mol. The average Bonchev–Trinajstić information content (AvgIpc) is 2.82. The van der Waals surface area contributed by atoms with Crippen molar-refractivity contribution in [3.8, 4) is 0 Å². The number of rotatable bonds is 5. The zero-order chi connectivity index (χ0) is 22.7. The largest absolute Gasteiger partial charge is 0.455 e. The Bertz CT molecular complexity index is 1100. The molecule has 0 unspecified atom stereocenters. The number of halogens is 1. The number of fused-ring (bicyclic) bond motifs is 1. The van der Waals surface area contributed by atoms with Crippen LogP contribution in [0.3, 0.4) is 0 Å². The molecule has 2 aliphatic rings. The van der Waals surface area contributed by atoms with Crippen molar-refractivity contribution in [2.75, 3.05) is 26.2 Å². The minimum Gasteiger partial charge on any atom is -0.455 e. The fourth-order valence-electron chi connectivity index (χ4n) is 4.14. The molecular weight excluding hydrogens is 435 g/mol. The number of ether oxygens (including phenoxy) is 1. The molecule has 0 atom stereocenters. The summed E-state index contributed by atoms with van der Waals surface area (Å²) in [6, 6.07) is 12.6. The van der Waals surface area contributed by atoms with Gasteiger partial charge in [0.15, 0.2) is 6.61 Å². The highest BCUT2D eigenvalue weighted by atomic mass is 32.2. The maximum atomic E-state index is 13.1. The highest BCUT2D eigenvalue weighted by Crippen LogP contribution is 2.25. The van der Waals surface area contributed by atoms with Gasteiger partial charge in [0.2, 0.25) is 10.0 Å². The lowest BCUT2D eigenvalue weighted by molar-refractivity contribution is -0.156. The third-order valence-corrected chi connectivity index (χ3v) is 7.97. The van der Waals surface area contributed by atoms with E-state index in [-0.39, 0.29) is 30.5 Å². The van der Waals surface area contributed by atoms with Gasteiger partial charge in [0.1, 0.15) is 5.82 Å². The van der Waals surface area contributed by atoms with Crippen LogP contribution in [0.1, 0.15) is 24.0 Å². The van der Waals surface area contributed by atoms with Crippen LogP contribution in [0.25, 0.3) is 0 Å². The van der Waals surface area contributed by atoms with Gasteiger partial charge in [-0.3, -0.25) is 9.59 Å². The smallest absolute Gasteiger partial charge is 0.309 e. The second kappa shape index (κ2) is 9.38. The molecule has 0 radical (unpaired) electrons. The maximum absolute atomic E-state index is 13.1. The van der Waals surface area contributed by atoms with E-state index in [0.29, 0.717) is 25.9 Å². The molecule has 2 aromatic rings. The Morgan fingerprint density at radius 3 is 2.31 bits per heavy atom. The molecule has 2 aliphatic heterocycles. The van der Waals surface area contributed by atoms with E-state index in [4.69, 9.17) is 4.74 Å². The molecule has 9 heteroatoms. The first-order chi connectivity index (χ1) is 15.3. The zero-order valence-corrected chi connectivity index (χ0v) is 18.4. The van der Waals surface area contributed by atoms with Crippen LogP contribution in [-0.2, 0) is 37.3 Å². The normalized spacial score (nSPS) is 17.6. The molecule has 2 heterocycles. The number of amides is 1. The Morgan fingerprint density at radius 1 is 0.969 bits per heavy atom. The second-order valence-electron chi connectivity index (χ2n) is 8.07. The van der Waals surface area contributed by atoms with Gasteiger partial charge in [-0.1, -0.05) is 24.3 Å². The molecule has 0 aromatic heterocycles. The minimum absolute atomic E-state index is 0.0219. The van der Waals surface area contributed by atoms with Crippen LogP contribution in [0.2, 0.25) is 0 Å². The molecule has 0 N–H and O–H groups in total. The van der Waals surface area contributed by atoms with Gasteiger partial charge in [-0.05, 0) is 54.7 Å². The van der Waals surface area contributed by atoms with Gasteiger partial charge in [-0.2, -0.15) is 4.31 Å². The van der Waals surface area contributed by atoms with Gasteiger partial charge in [0, 0.05) is 26.2 Å². The van der Waals surface area contributed by atoms with Gasteiger partial charge >= 0.3 is 5.97 Å². The number of hydrogen-bond acceptors (Lipinski definition) is 5. The van der Waals surface area contributed by atoms with E-state index >= 15 is 0 Å². The van der Waals surface area contributed by atoms with E-state index in [2.05, 4.69) is 6.07 Å². The molecule has 1 amide bonds. The number of piperidine rings is 1. The molecule has 0 saturated carbocycles. The molecule has 0 aliphatic carbocycles. The molecule has 1 saturated heterocycles. The summed E-state index contributed by atoms with van der Waals surface area (Å²) < 4.78 is 45.0. The quantitative estimate of drug-likeness (QED) is 0.640. The average molecular weight is 461 g/mol. The van der Waals surface area contributed by atoms with E-state index in [1.165, 1.54) is 22.0 Å². The molecule has 7 nitrogen and oxygen atoms in total. The van der Waals surface area contributed by atoms with Crippen molar-refractivity contribution in [1.29, 1.82) is 0 Å². The lowest BCUT2D eigenvalue weighted by atomic mass is 9.98. The first-order valence-corrected chi connectivity index (χ1v) is 12.1. The third-order valence-electron chi connectivity index (χ3n) is 6.06. The lowest BCUT2D eigenvalue weighted by Crippen LogP contribution is -2.42. The fraction of sp³-hybridized carbons (Fsp3) is 0.391. The van der Waals surface area contributed by atoms with Crippen molar-refractivity contribution < 1.29 is 27.1 Å². The van der Waals surface area contributed by atoms with E-state index < -0.39 is 27.7 Å². The number of esters is 1. The minimum atomic E-state index is -3.74. The molecule has 0 spiro atoms. The number of carbonyl (C=O) groups is 2. The van der Waals surface area contributed by atoms with Crippen molar-refractivity contribution in [3.05, 3.63) is 65.5 Å². The summed E-state index contributed by atoms with van der Waals surface area (Å²) in [6.45, 7) is 1.11. The Hall–Kier alpha value is -2.78. The molecule has 0 bridgehead atoms. The molecular formula is C23H25FN2O5S. The van der Waals surface area contributed by atoms with Crippen LogP contribution in [0.5, 0.6) is 0 Å². The maximum Gasteiger partial charge on any atom is 0.309 e. The first kappa shape index (κ1) is 22.4. The van der Waals surface area contributed by atoms with Crippen LogP contribution in [0.15, 0.2) is 53.4 Å². The molecule has 1 fully saturated rings. The van der Waals surface area contributed by atoms with Crippen molar-refractivity contribution in [3.63, 3.8) is 0 Å². The van der Waals surface area contributed by atoms with Gasteiger partial charge in [0.05, 0.1) is 10.8 Å². The summed E-state index contributed by atoms with van der Waals surface area (Å²) in [6.07, 6.45) is 1.39. The summed E-state index contributed by atoms with van der Waals surface area (Å²) in [5.41, 5.74) is 2.34. The third kappa shape index (κ3) is 4.83. The predicted octanol–water partition coefficient (Wildman–Crippen LogP) is 2.35. The van der Waals surface area contributed by atoms with E-state index in [0.717, 1.165) is 24.1 Å². The van der Waals surface area contributed by atoms with Crippen LogP contribution in [0.4, 0.5) is 4.39 Å². The van der Waals surface area contributed by atoms with Crippen LogP contribution >= 0.6 is 0 Å². The zero-order valence-electron chi connectivity index (χ0n) is 17.6. The summed E-state index contributed by atoms with van der Waals surface area (Å²) in [5, 5.41) is 0. The highest BCUT2D eigenvalue weighted by molar-refractivity contribution is 7.89. The SMILES string of the molecule is O=C(OCC(=O)N1CCc2ccccc2C1)C1CCN(S(=O)(=O)c2ccc(F)cc2)CC1. The monoisotopic (exact) mass is 460 g/mol. The topological polar surface area (TPSA) is 84.0 Å². The summed E-state index contributed by atoms with van der Waals surface area (Å²) in [4.78, 5) is 26.6. The van der Waals surface area contributed by atoms with Crippen LogP contribution < -0.4 is 0 Å². The molecule has 170 valence electrons. The number of benzene rings is 2. The Morgan fingerprint density at radius 2 is 1.62 bits per heavy atom. The molecule has 4 rings (SSSR count).